The number of nitrogens with two attached hydrogens (primary N) is 2. The number of allylic oxidation sites excluding steroid dienone is 4. The summed E-state index contributed by atoms with van der Waals surface area (Å²) in [5.74, 6) is 0.841. The number of ether oxygens (including phenoxy) is 1. The Labute approximate surface area is 207 Å². The molecule has 2 atom stereocenters. The van der Waals surface area contributed by atoms with Gasteiger partial charge in [-0.25, -0.2) is 19.6 Å². The Morgan fingerprint density at radius 1 is 1.26 bits per heavy atom. The van der Waals surface area contributed by atoms with Gasteiger partial charge in [0.25, 0.3) is 0 Å². The SMILES string of the molecule is COCCN(c1c(N)nc(-c2nn(CC3CC=CC=C3C)c3ncccc23)nc1N)[S+]([O-])N(C)C. The number of anilines is 3. The lowest BCUT2D eigenvalue weighted by Crippen LogP contribution is -2.42. The van der Waals surface area contributed by atoms with Crippen molar-refractivity contribution in [2.45, 2.75) is 19.9 Å². The van der Waals surface area contributed by atoms with Crippen LogP contribution < -0.4 is 15.8 Å². The van der Waals surface area contributed by atoms with Crippen molar-refractivity contribution < 1.29 is 9.29 Å². The van der Waals surface area contributed by atoms with Crippen molar-refractivity contribution in [2.24, 2.45) is 5.92 Å². The summed E-state index contributed by atoms with van der Waals surface area (Å²) in [7, 11) is 4.96. The molecule has 0 radical (unpaired) electrons. The van der Waals surface area contributed by atoms with E-state index in [0.29, 0.717) is 42.8 Å². The van der Waals surface area contributed by atoms with Gasteiger partial charge in [-0.1, -0.05) is 23.8 Å². The summed E-state index contributed by atoms with van der Waals surface area (Å²) in [6.07, 6.45) is 9.05. The van der Waals surface area contributed by atoms with Gasteiger partial charge in [0.1, 0.15) is 5.69 Å². The van der Waals surface area contributed by atoms with Gasteiger partial charge in [0.15, 0.2) is 40.3 Å². The smallest absolute Gasteiger partial charge is 0.184 e. The van der Waals surface area contributed by atoms with Crippen molar-refractivity contribution in [3.63, 3.8) is 0 Å². The molecule has 0 aromatic carbocycles. The lowest BCUT2D eigenvalue weighted by atomic mass is 9.93. The zero-order valence-electron chi connectivity index (χ0n) is 20.4. The molecule has 3 aromatic rings. The van der Waals surface area contributed by atoms with Crippen LogP contribution in [-0.2, 0) is 22.8 Å². The third kappa shape index (κ3) is 5.10. The van der Waals surface area contributed by atoms with Crippen LogP contribution in [0.5, 0.6) is 0 Å². The number of nitrogens with zero attached hydrogens (tertiary/aromatic N) is 7. The Kier molecular flexibility index (Phi) is 7.55. The first-order valence-corrected chi connectivity index (χ1v) is 12.3. The van der Waals surface area contributed by atoms with Crippen LogP contribution in [0.3, 0.4) is 0 Å². The Hall–Kier alpha value is -3.19. The molecule has 0 saturated carbocycles. The molecule has 186 valence electrons. The molecule has 12 heteroatoms. The molecule has 2 unspecified atom stereocenters. The van der Waals surface area contributed by atoms with E-state index < -0.39 is 11.5 Å². The predicted molar refractivity (Wildman–Crippen MR) is 139 cm³/mol. The monoisotopic (exact) mass is 497 g/mol. The van der Waals surface area contributed by atoms with E-state index in [2.05, 4.69) is 40.1 Å². The molecule has 0 saturated heterocycles. The van der Waals surface area contributed by atoms with E-state index in [1.807, 2.05) is 16.8 Å². The molecule has 3 heterocycles. The lowest BCUT2D eigenvalue weighted by molar-refractivity contribution is 0.208. The zero-order valence-corrected chi connectivity index (χ0v) is 21.2. The van der Waals surface area contributed by atoms with Gasteiger partial charge in [0, 0.05) is 33.3 Å². The van der Waals surface area contributed by atoms with E-state index in [1.54, 1.807) is 31.7 Å². The number of hydrogen-bond donors (Lipinski definition) is 2. The molecular weight excluding hydrogens is 466 g/mol. The molecular formula is C23H31N9O2S. The fourth-order valence-corrected chi connectivity index (χ4v) is 4.97. The van der Waals surface area contributed by atoms with Gasteiger partial charge in [-0.05, 0) is 25.5 Å². The number of hydrogen-bond acceptors (Lipinski definition) is 10. The van der Waals surface area contributed by atoms with Crippen molar-refractivity contribution in [3.8, 4) is 11.5 Å². The lowest BCUT2D eigenvalue weighted by Gasteiger charge is -2.28. The maximum absolute atomic E-state index is 12.9. The number of pyridine rings is 1. The Balaban J connectivity index is 1.75. The summed E-state index contributed by atoms with van der Waals surface area (Å²) in [6.45, 7) is 3.42. The first kappa shape index (κ1) is 24.9. The molecule has 0 bridgehead atoms. The van der Waals surface area contributed by atoms with Crippen LogP contribution in [0.15, 0.2) is 42.1 Å². The highest BCUT2D eigenvalue weighted by Gasteiger charge is 2.30. The van der Waals surface area contributed by atoms with Crippen molar-refractivity contribution in [1.82, 2.24) is 29.0 Å². The van der Waals surface area contributed by atoms with Crippen LogP contribution in [0.4, 0.5) is 17.3 Å². The summed E-state index contributed by atoms with van der Waals surface area (Å²) < 4.78 is 23.0. The average molecular weight is 498 g/mol. The normalized spacial score (nSPS) is 16.6. The van der Waals surface area contributed by atoms with Crippen LogP contribution in [0.2, 0.25) is 0 Å². The third-order valence-corrected chi connectivity index (χ3v) is 7.23. The van der Waals surface area contributed by atoms with E-state index in [-0.39, 0.29) is 11.6 Å². The van der Waals surface area contributed by atoms with Crippen LogP contribution in [0.1, 0.15) is 13.3 Å². The molecule has 11 nitrogen and oxygen atoms in total. The largest absolute Gasteiger partial charge is 0.573 e. The molecule has 1 aliphatic rings. The fourth-order valence-electron chi connectivity index (χ4n) is 4.00. The van der Waals surface area contributed by atoms with Gasteiger partial charge >= 0.3 is 0 Å². The van der Waals surface area contributed by atoms with Gasteiger partial charge in [-0.3, -0.25) is 0 Å². The van der Waals surface area contributed by atoms with E-state index in [9.17, 15) is 4.55 Å². The highest BCUT2D eigenvalue weighted by atomic mass is 32.2. The van der Waals surface area contributed by atoms with Gasteiger partial charge in [0.2, 0.25) is 0 Å². The van der Waals surface area contributed by atoms with Gasteiger partial charge in [-0.15, -0.1) is 4.31 Å². The van der Waals surface area contributed by atoms with E-state index >= 15 is 0 Å². The Morgan fingerprint density at radius 3 is 2.66 bits per heavy atom. The summed E-state index contributed by atoms with van der Waals surface area (Å²) in [6, 6.07) is 3.78. The number of nitrogen functional groups attached to an aromatic ring is 2. The minimum absolute atomic E-state index is 0.113. The second-order valence-electron chi connectivity index (χ2n) is 8.48. The number of aromatic nitrogens is 5. The topological polar surface area (TPSA) is 147 Å². The average Bonchev–Trinajstić information content (AvgIpc) is 3.20. The van der Waals surface area contributed by atoms with Crippen molar-refractivity contribution >= 4 is 39.9 Å². The van der Waals surface area contributed by atoms with Crippen molar-refractivity contribution in [1.29, 1.82) is 0 Å². The van der Waals surface area contributed by atoms with Crippen LogP contribution in [0.25, 0.3) is 22.6 Å². The molecule has 0 spiro atoms. The van der Waals surface area contributed by atoms with Crippen molar-refractivity contribution in [3.05, 3.63) is 42.1 Å². The van der Waals surface area contributed by atoms with Crippen molar-refractivity contribution in [2.75, 3.05) is 50.1 Å². The summed E-state index contributed by atoms with van der Waals surface area (Å²) >= 11 is -1.55. The molecule has 4 rings (SSSR count). The minimum atomic E-state index is -1.55. The second kappa shape index (κ2) is 10.6. The number of fused-ring (bicyclic) bond motifs is 1. The summed E-state index contributed by atoms with van der Waals surface area (Å²) in [4.78, 5) is 13.6. The molecule has 0 amide bonds. The summed E-state index contributed by atoms with van der Waals surface area (Å²) in [5.41, 5.74) is 15.6. The van der Waals surface area contributed by atoms with Gasteiger partial charge < -0.3 is 20.8 Å². The Morgan fingerprint density at radius 2 is 2.00 bits per heavy atom. The molecule has 0 aliphatic heterocycles. The first-order chi connectivity index (χ1) is 16.8. The minimum Gasteiger partial charge on any atom is -0.573 e. The number of methoxy groups -OCH3 is 1. The predicted octanol–water partition coefficient (Wildman–Crippen LogP) is 2.17. The first-order valence-electron chi connectivity index (χ1n) is 11.3. The van der Waals surface area contributed by atoms with Gasteiger partial charge in [0.05, 0.1) is 25.1 Å². The highest BCUT2D eigenvalue weighted by molar-refractivity contribution is 7.90. The van der Waals surface area contributed by atoms with E-state index in [4.69, 9.17) is 21.3 Å². The standard InChI is InChI=1S/C23H31N9O2S/c1-15-8-5-6-9-16(15)14-31-23-17(10-7-11-26-23)18(29-31)22-27-20(24)19(21(25)28-22)32(12-13-34-4)35(33)30(2)3/h5-8,10-11,16H,9,12-14H2,1-4H3,(H4,24,25,27,28). The zero-order chi connectivity index (χ0) is 25.1. The van der Waals surface area contributed by atoms with E-state index in [1.165, 1.54) is 9.88 Å². The fraction of sp³-hybridized carbons (Fsp3) is 0.391. The van der Waals surface area contributed by atoms with E-state index in [0.717, 1.165) is 17.5 Å². The number of rotatable bonds is 9. The quantitative estimate of drug-likeness (QED) is 0.421. The van der Waals surface area contributed by atoms with Crippen LogP contribution >= 0.6 is 0 Å². The maximum atomic E-state index is 12.9. The molecule has 1 aliphatic carbocycles. The van der Waals surface area contributed by atoms with Crippen LogP contribution in [-0.4, -0.2) is 67.9 Å². The molecule has 4 N–H and O–H groups in total. The molecule has 0 fully saturated rings. The Bertz CT molecular complexity index is 1230. The summed E-state index contributed by atoms with van der Waals surface area (Å²) in [5, 5.41) is 5.63. The molecule has 35 heavy (non-hydrogen) atoms. The highest BCUT2D eigenvalue weighted by Crippen LogP contribution is 2.34. The molecule has 3 aromatic heterocycles. The van der Waals surface area contributed by atoms with Gasteiger partial charge in [-0.2, -0.15) is 9.40 Å². The maximum Gasteiger partial charge on any atom is 0.184 e. The van der Waals surface area contributed by atoms with Crippen LogP contribution in [0, 0.1) is 5.92 Å². The second-order valence-corrected chi connectivity index (χ2v) is 10.1. The third-order valence-electron chi connectivity index (χ3n) is 5.86.